The summed E-state index contributed by atoms with van der Waals surface area (Å²) in [4.78, 5) is 62.2. The van der Waals surface area contributed by atoms with Crippen molar-refractivity contribution in [3.05, 3.63) is 119 Å². The highest BCUT2D eigenvalue weighted by molar-refractivity contribution is 7.09. The minimum Gasteiger partial charge on any atom is -0.497 e. The number of methoxy groups -OCH3 is 3. The summed E-state index contributed by atoms with van der Waals surface area (Å²) in [6, 6.07) is 26.6. The Hall–Kier alpha value is -6.01. The molecule has 2 heterocycles. The summed E-state index contributed by atoms with van der Waals surface area (Å²) in [5.41, 5.74) is 3.05. The molecule has 0 unspecified atom stereocenters. The number of carbonyl (C=O) groups is 4. The van der Waals surface area contributed by atoms with Gasteiger partial charge in [-0.3, -0.25) is 24.1 Å². The molecule has 0 fully saturated rings. The van der Waals surface area contributed by atoms with Gasteiger partial charge in [0.25, 0.3) is 17.6 Å². The van der Waals surface area contributed by atoms with Crippen molar-refractivity contribution in [2.24, 2.45) is 0 Å². The van der Waals surface area contributed by atoms with E-state index in [0.717, 1.165) is 10.5 Å². The van der Waals surface area contributed by atoms with Crippen LogP contribution in [0.2, 0.25) is 0 Å². The molecule has 0 saturated carbocycles. The van der Waals surface area contributed by atoms with Crippen LogP contribution in [0.15, 0.2) is 102 Å². The summed E-state index contributed by atoms with van der Waals surface area (Å²) in [5.74, 6) is -1.24. The summed E-state index contributed by atoms with van der Waals surface area (Å²) in [7, 11) is 4.52. The fourth-order valence-electron chi connectivity index (χ4n) is 5.61. The SMILES string of the molecule is COc1ccc(NC(=O)[C@H](c2ccc(OC)c(OC)c2)N(Cc2nc(-c3ccccc3)cs2)C(=O)CN2C(=O)C(=O)c3ccccc32)cc1. The van der Waals surface area contributed by atoms with Gasteiger partial charge in [-0.1, -0.05) is 48.5 Å². The van der Waals surface area contributed by atoms with Crippen molar-refractivity contribution >= 4 is 46.2 Å². The fourth-order valence-corrected chi connectivity index (χ4v) is 6.41. The molecule has 49 heavy (non-hydrogen) atoms. The van der Waals surface area contributed by atoms with Crippen LogP contribution >= 0.6 is 11.3 Å². The van der Waals surface area contributed by atoms with Gasteiger partial charge >= 0.3 is 0 Å². The fraction of sp³-hybridized carbons (Fsp3) is 0.162. The second-order valence-corrected chi connectivity index (χ2v) is 11.9. The second kappa shape index (κ2) is 14.4. The van der Waals surface area contributed by atoms with Gasteiger partial charge in [0.2, 0.25) is 5.91 Å². The summed E-state index contributed by atoms with van der Waals surface area (Å²) < 4.78 is 16.3. The van der Waals surface area contributed by atoms with Crippen molar-refractivity contribution < 1.29 is 33.4 Å². The van der Waals surface area contributed by atoms with Gasteiger partial charge in [0.1, 0.15) is 23.3 Å². The Bertz CT molecular complexity index is 2010. The number of para-hydroxylation sites is 1. The number of amides is 3. The number of ether oxygens (including phenoxy) is 3. The van der Waals surface area contributed by atoms with E-state index in [1.165, 1.54) is 30.5 Å². The first-order chi connectivity index (χ1) is 23.8. The van der Waals surface area contributed by atoms with E-state index in [4.69, 9.17) is 19.2 Å². The summed E-state index contributed by atoms with van der Waals surface area (Å²) in [6.45, 7) is -0.568. The number of anilines is 2. The molecule has 1 aliphatic heterocycles. The third kappa shape index (κ3) is 6.85. The molecule has 1 N–H and O–H groups in total. The van der Waals surface area contributed by atoms with Crippen LogP contribution in [-0.4, -0.2) is 61.3 Å². The molecule has 0 saturated heterocycles. The maximum atomic E-state index is 14.5. The molecule has 0 bridgehead atoms. The Morgan fingerprint density at radius 2 is 1.57 bits per heavy atom. The molecule has 1 aliphatic rings. The number of fused-ring (bicyclic) bond motifs is 1. The van der Waals surface area contributed by atoms with E-state index in [1.54, 1.807) is 73.8 Å². The topological polar surface area (TPSA) is 127 Å². The zero-order valence-electron chi connectivity index (χ0n) is 26.9. The molecule has 0 spiro atoms. The van der Waals surface area contributed by atoms with Crippen molar-refractivity contribution in [2.45, 2.75) is 12.6 Å². The largest absolute Gasteiger partial charge is 0.497 e. The maximum absolute atomic E-state index is 14.5. The van der Waals surface area contributed by atoms with Crippen LogP contribution in [0.25, 0.3) is 11.3 Å². The Labute approximate surface area is 286 Å². The predicted molar refractivity (Wildman–Crippen MR) is 185 cm³/mol. The van der Waals surface area contributed by atoms with Crippen molar-refractivity contribution in [3.63, 3.8) is 0 Å². The van der Waals surface area contributed by atoms with Gasteiger partial charge in [0.15, 0.2) is 11.5 Å². The lowest BCUT2D eigenvalue weighted by atomic mass is 10.0. The average Bonchev–Trinajstić information content (AvgIpc) is 3.70. The summed E-state index contributed by atoms with van der Waals surface area (Å²) in [5, 5.41) is 5.36. The monoisotopic (exact) mass is 676 g/mol. The van der Waals surface area contributed by atoms with Crippen molar-refractivity contribution in [3.8, 4) is 28.5 Å². The van der Waals surface area contributed by atoms with Gasteiger partial charge in [-0.25, -0.2) is 4.98 Å². The molecule has 0 radical (unpaired) electrons. The number of rotatable bonds is 12. The third-order valence-corrected chi connectivity index (χ3v) is 8.89. The van der Waals surface area contributed by atoms with Gasteiger partial charge in [0, 0.05) is 16.6 Å². The number of nitrogens with one attached hydrogen (secondary N) is 1. The number of hydrogen-bond acceptors (Lipinski definition) is 9. The zero-order valence-corrected chi connectivity index (χ0v) is 27.7. The number of aromatic nitrogens is 1. The zero-order chi connectivity index (χ0) is 34.5. The lowest BCUT2D eigenvalue weighted by molar-refractivity contribution is -0.139. The van der Waals surface area contributed by atoms with E-state index in [0.29, 0.717) is 44.9 Å². The molecule has 1 aromatic heterocycles. The minimum atomic E-state index is -1.23. The summed E-state index contributed by atoms with van der Waals surface area (Å²) >= 11 is 1.34. The Balaban J connectivity index is 1.43. The van der Waals surface area contributed by atoms with E-state index >= 15 is 0 Å². The average molecular weight is 677 g/mol. The third-order valence-electron chi connectivity index (χ3n) is 8.06. The van der Waals surface area contributed by atoms with E-state index in [-0.39, 0.29) is 12.1 Å². The van der Waals surface area contributed by atoms with Crippen molar-refractivity contribution in [1.82, 2.24) is 9.88 Å². The van der Waals surface area contributed by atoms with E-state index in [2.05, 4.69) is 5.32 Å². The molecule has 4 aromatic carbocycles. The van der Waals surface area contributed by atoms with Crippen molar-refractivity contribution in [2.75, 3.05) is 38.1 Å². The molecule has 248 valence electrons. The minimum absolute atomic E-state index is 0.0804. The number of ketones is 1. The number of benzene rings is 4. The van der Waals surface area contributed by atoms with Crippen LogP contribution in [0.5, 0.6) is 17.2 Å². The van der Waals surface area contributed by atoms with Crippen LogP contribution < -0.4 is 24.4 Å². The van der Waals surface area contributed by atoms with Gasteiger partial charge in [-0.05, 0) is 54.1 Å². The quantitative estimate of drug-likeness (QED) is 0.165. The summed E-state index contributed by atoms with van der Waals surface area (Å²) in [6.07, 6.45) is 0. The Kier molecular flexibility index (Phi) is 9.67. The van der Waals surface area contributed by atoms with Crippen LogP contribution in [0.3, 0.4) is 0 Å². The molecule has 12 heteroatoms. The number of thiazole rings is 1. The number of hydrogen-bond donors (Lipinski definition) is 1. The van der Waals surface area contributed by atoms with Crippen LogP contribution in [0, 0.1) is 0 Å². The molecular weight excluding hydrogens is 644 g/mol. The van der Waals surface area contributed by atoms with E-state index in [9.17, 15) is 19.2 Å². The normalized spacial score (nSPS) is 12.7. The van der Waals surface area contributed by atoms with Crippen molar-refractivity contribution in [1.29, 1.82) is 0 Å². The van der Waals surface area contributed by atoms with Crippen LogP contribution in [0.4, 0.5) is 11.4 Å². The van der Waals surface area contributed by atoms with Gasteiger partial charge in [-0.2, -0.15) is 0 Å². The molecule has 6 rings (SSSR count). The lowest BCUT2D eigenvalue weighted by Gasteiger charge is -2.32. The highest BCUT2D eigenvalue weighted by atomic mass is 32.1. The molecule has 1 atom stereocenters. The lowest BCUT2D eigenvalue weighted by Crippen LogP contribution is -2.46. The highest BCUT2D eigenvalue weighted by Crippen LogP contribution is 2.35. The van der Waals surface area contributed by atoms with Gasteiger partial charge < -0.3 is 24.4 Å². The van der Waals surface area contributed by atoms with Gasteiger partial charge in [0.05, 0.1) is 44.8 Å². The van der Waals surface area contributed by atoms with Gasteiger partial charge in [-0.15, -0.1) is 11.3 Å². The van der Waals surface area contributed by atoms with Crippen LogP contribution in [0.1, 0.15) is 27.0 Å². The second-order valence-electron chi connectivity index (χ2n) is 11.0. The first kappa shape index (κ1) is 32.9. The predicted octanol–water partition coefficient (Wildman–Crippen LogP) is 5.77. The Morgan fingerprint density at radius 3 is 2.29 bits per heavy atom. The van der Waals surface area contributed by atoms with E-state index in [1.807, 2.05) is 35.7 Å². The molecule has 5 aromatic rings. The smallest absolute Gasteiger partial charge is 0.299 e. The molecular formula is C37H32N4O7S. The first-order valence-corrected chi connectivity index (χ1v) is 16.1. The van der Waals surface area contributed by atoms with E-state index < -0.39 is 36.1 Å². The standard InChI is InChI=1S/C37H32N4O7S/c1-46-26-16-14-25(15-17-26)38-36(44)34(24-13-18-30(47-2)31(19-24)48-3)41(20-32-39-28(22-49-32)23-9-5-4-6-10-23)33(42)21-40-29-12-8-7-11-27(29)35(43)37(40)45/h4-19,22,34H,20-21H2,1-3H3,(H,38,44)/t34-/m0/s1. The Morgan fingerprint density at radius 1 is 0.857 bits per heavy atom. The maximum Gasteiger partial charge on any atom is 0.299 e. The van der Waals surface area contributed by atoms with Crippen LogP contribution in [-0.2, 0) is 20.9 Å². The number of nitrogens with zero attached hydrogens (tertiary/aromatic N) is 3. The molecule has 3 amide bonds. The number of Topliss-reactive ketones (excluding diaryl/α,β-unsaturated/α-hetero) is 1. The first-order valence-electron chi connectivity index (χ1n) is 15.2. The molecule has 11 nitrogen and oxygen atoms in total. The number of carbonyl (C=O) groups excluding carboxylic acids is 4. The highest BCUT2D eigenvalue weighted by Gasteiger charge is 2.40. The molecule has 0 aliphatic carbocycles.